The fourth-order valence-electron chi connectivity index (χ4n) is 11.6. The van der Waals surface area contributed by atoms with E-state index in [1.54, 1.807) is 36.4 Å². The zero-order valence-electron chi connectivity index (χ0n) is 46.7. The Morgan fingerprint density at radius 2 is 0.579 bits per heavy atom. The number of hydrazone groups is 2. The molecule has 2 aliphatic heterocycles. The van der Waals surface area contributed by atoms with Crippen molar-refractivity contribution in [2.45, 2.75) is 232 Å². The molecule has 0 spiro atoms. The molecule has 0 saturated carbocycles. The molecule has 0 aromatic heterocycles. The van der Waals surface area contributed by atoms with Crippen molar-refractivity contribution in [3.8, 4) is 0 Å². The van der Waals surface area contributed by atoms with Gasteiger partial charge in [-0.05, 0) is 83.0 Å². The maximum absolute atomic E-state index is 13.8. The van der Waals surface area contributed by atoms with Gasteiger partial charge in [-0.2, -0.15) is 20.2 Å². The van der Waals surface area contributed by atoms with E-state index in [1.165, 1.54) is 216 Å². The number of benzene rings is 5. The predicted molar refractivity (Wildman–Crippen MR) is 317 cm³/mol. The minimum absolute atomic E-state index is 0.442. The van der Waals surface area contributed by atoms with Crippen LogP contribution < -0.4 is 0 Å². The SMILES string of the molecule is CCCCCCCCCCCCCCCCCCc1ccc2c3c(cccc13)C(=O)N(/N=C/c1ccc(/C=N/N3C(=O)c4cccc5c(CCCCCCCCCCCCCCCCCC)ccc(c45)C3=O)cc1)C2=O. The van der Waals surface area contributed by atoms with Gasteiger partial charge in [0.15, 0.2) is 0 Å². The van der Waals surface area contributed by atoms with Crippen molar-refractivity contribution in [1.29, 1.82) is 0 Å². The second-order valence-corrected chi connectivity index (χ2v) is 22.1. The van der Waals surface area contributed by atoms with Crippen molar-refractivity contribution in [2.75, 3.05) is 0 Å². The van der Waals surface area contributed by atoms with Crippen LogP contribution in [-0.4, -0.2) is 46.1 Å². The third kappa shape index (κ3) is 16.6. The van der Waals surface area contributed by atoms with E-state index in [2.05, 4.69) is 24.1 Å². The summed E-state index contributed by atoms with van der Waals surface area (Å²) in [5.41, 5.74) is 5.61. The van der Waals surface area contributed by atoms with Gasteiger partial charge in [0.25, 0.3) is 23.6 Å². The number of rotatable bonds is 38. The van der Waals surface area contributed by atoms with Crippen LogP contribution in [0.1, 0.15) is 283 Å². The van der Waals surface area contributed by atoms with Crippen LogP contribution in [0.25, 0.3) is 21.5 Å². The Bertz CT molecular complexity index is 2470. The van der Waals surface area contributed by atoms with Gasteiger partial charge in [0, 0.05) is 10.8 Å². The van der Waals surface area contributed by atoms with E-state index in [9.17, 15) is 19.2 Å². The summed E-state index contributed by atoms with van der Waals surface area (Å²) >= 11 is 0. The number of aryl methyl sites for hydroxylation is 2. The third-order valence-electron chi connectivity index (χ3n) is 16.1. The number of nitrogens with zero attached hydrogens (tertiary/aromatic N) is 4. The zero-order valence-corrected chi connectivity index (χ0v) is 46.7. The number of carbonyl (C=O) groups excluding carboxylic acids is 4. The van der Waals surface area contributed by atoms with Crippen LogP contribution in [0.15, 0.2) is 95.1 Å². The molecule has 0 saturated heterocycles. The van der Waals surface area contributed by atoms with Crippen molar-refractivity contribution in [3.63, 3.8) is 0 Å². The van der Waals surface area contributed by atoms with Gasteiger partial charge in [0.2, 0.25) is 0 Å². The molecule has 8 nitrogen and oxygen atoms in total. The molecule has 0 N–H and O–H groups in total. The summed E-state index contributed by atoms with van der Waals surface area (Å²) in [6.45, 7) is 4.56. The first-order valence-corrected chi connectivity index (χ1v) is 30.5. The van der Waals surface area contributed by atoms with Gasteiger partial charge in [-0.25, -0.2) is 0 Å². The molecule has 5 aromatic carbocycles. The zero-order chi connectivity index (χ0) is 53.2. The van der Waals surface area contributed by atoms with Crippen LogP contribution in [0, 0.1) is 0 Å². The van der Waals surface area contributed by atoms with Gasteiger partial charge in [-0.3, -0.25) is 19.2 Å². The maximum atomic E-state index is 13.8. The van der Waals surface area contributed by atoms with Crippen LogP contribution in [0.4, 0.5) is 0 Å². The minimum Gasteiger partial charge on any atom is -0.267 e. The summed E-state index contributed by atoms with van der Waals surface area (Å²) in [5.74, 6) is -1.77. The highest BCUT2D eigenvalue weighted by Gasteiger charge is 2.35. The number of unbranched alkanes of at least 4 members (excludes halogenated alkanes) is 30. The van der Waals surface area contributed by atoms with Crippen molar-refractivity contribution in [3.05, 3.63) is 129 Å². The van der Waals surface area contributed by atoms with Crippen LogP contribution in [0.2, 0.25) is 0 Å². The molecule has 406 valence electrons. The second kappa shape index (κ2) is 32.1. The van der Waals surface area contributed by atoms with E-state index in [1.807, 2.05) is 48.5 Å². The Morgan fingerprint density at radius 3 is 0.868 bits per heavy atom. The van der Waals surface area contributed by atoms with Gasteiger partial charge in [-0.1, -0.05) is 267 Å². The van der Waals surface area contributed by atoms with Gasteiger partial charge in [0.05, 0.1) is 34.7 Å². The molecule has 0 unspecified atom stereocenters. The quantitative estimate of drug-likeness (QED) is 0.0223. The molecular formula is C68H90N4O4. The molecule has 4 amide bonds. The molecular weight excluding hydrogens is 937 g/mol. The van der Waals surface area contributed by atoms with Crippen LogP contribution in [0.5, 0.6) is 0 Å². The second-order valence-electron chi connectivity index (χ2n) is 22.1. The first kappa shape index (κ1) is 57.9. The highest BCUT2D eigenvalue weighted by molar-refractivity contribution is 6.27. The Hall–Kier alpha value is -5.76. The Labute approximate surface area is 456 Å². The first-order chi connectivity index (χ1) is 37.4. The van der Waals surface area contributed by atoms with Gasteiger partial charge in [-0.15, -0.1) is 0 Å². The molecule has 8 heteroatoms. The molecule has 0 aliphatic carbocycles. The molecule has 5 aromatic rings. The van der Waals surface area contributed by atoms with E-state index in [0.717, 1.165) is 57.2 Å². The highest BCUT2D eigenvalue weighted by Crippen LogP contribution is 2.35. The first-order valence-electron chi connectivity index (χ1n) is 30.5. The number of carbonyl (C=O) groups is 4. The molecule has 0 bridgehead atoms. The fourth-order valence-corrected chi connectivity index (χ4v) is 11.6. The molecule has 0 radical (unpaired) electrons. The van der Waals surface area contributed by atoms with E-state index < -0.39 is 23.6 Å². The van der Waals surface area contributed by atoms with Crippen LogP contribution >= 0.6 is 0 Å². The number of hydrogen-bond donors (Lipinski definition) is 0. The van der Waals surface area contributed by atoms with E-state index >= 15 is 0 Å². The summed E-state index contributed by atoms with van der Waals surface area (Å²) in [7, 11) is 0. The van der Waals surface area contributed by atoms with Crippen molar-refractivity contribution in [2.24, 2.45) is 10.2 Å². The average molecular weight is 1030 g/mol. The topological polar surface area (TPSA) is 99.5 Å². The lowest BCUT2D eigenvalue weighted by atomic mass is 9.90. The van der Waals surface area contributed by atoms with Crippen LogP contribution in [0.3, 0.4) is 0 Å². The lowest BCUT2D eigenvalue weighted by Gasteiger charge is -2.24. The van der Waals surface area contributed by atoms with Crippen molar-refractivity contribution in [1.82, 2.24) is 10.0 Å². The standard InChI is InChI=1S/C68H90N4O4/c1-3-5-7-9-11-13-15-17-19-21-23-25-27-29-31-33-37-55-47-49-61-63-57(55)39-35-41-59(63)65(73)71(67(61)75)69-51-53-43-45-54(46-44-53)52-70-72-66(74)60-42-36-40-58-56(48-50-62(64(58)60)68(72)76)38-34-32-30-28-26-24-22-20-18-16-14-12-10-8-6-4-2/h35-36,39-52H,3-34,37-38H2,1-2H3/b69-51+,70-52+. The van der Waals surface area contributed by atoms with Gasteiger partial charge < -0.3 is 0 Å². The summed E-state index contributed by atoms with van der Waals surface area (Å²) in [4.78, 5) is 55.3. The van der Waals surface area contributed by atoms with E-state index in [0.29, 0.717) is 33.4 Å². The number of hydrogen-bond acceptors (Lipinski definition) is 6. The molecule has 2 heterocycles. The Morgan fingerprint density at radius 1 is 0.316 bits per heavy atom. The smallest absolute Gasteiger partial charge is 0.267 e. The fraction of sp³-hybridized carbons (Fsp3) is 0.529. The minimum atomic E-state index is -0.442. The summed E-state index contributed by atoms with van der Waals surface area (Å²) in [5, 5.41) is 14.1. The molecule has 0 atom stereocenters. The largest absolute Gasteiger partial charge is 0.282 e. The normalized spacial score (nSPS) is 13.6. The summed E-state index contributed by atoms with van der Waals surface area (Å²) in [6.07, 6.45) is 47.5. The average Bonchev–Trinajstić information content (AvgIpc) is 3.44. The lowest BCUT2D eigenvalue weighted by molar-refractivity contribution is 0.0601. The molecule has 76 heavy (non-hydrogen) atoms. The van der Waals surface area contributed by atoms with E-state index in [-0.39, 0.29) is 0 Å². The van der Waals surface area contributed by atoms with Gasteiger partial charge >= 0.3 is 0 Å². The summed E-state index contributed by atoms with van der Waals surface area (Å²) in [6, 6.07) is 26.4. The Kier molecular flexibility index (Phi) is 24.5. The monoisotopic (exact) mass is 1030 g/mol. The third-order valence-corrected chi connectivity index (χ3v) is 16.1. The van der Waals surface area contributed by atoms with Crippen molar-refractivity contribution < 1.29 is 19.2 Å². The van der Waals surface area contributed by atoms with Gasteiger partial charge in [0.1, 0.15) is 0 Å². The highest BCUT2D eigenvalue weighted by atomic mass is 16.2. The molecule has 7 rings (SSSR count). The van der Waals surface area contributed by atoms with Crippen molar-refractivity contribution >= 4 is 57.6 Å². The predicted octanol–water partition coefficient (Wildman–Crippen LogP) is 18.9. The summed E-state index contributed by atoms with van der Waals surface area (Å²) < 4.78 is 0. The number of amides is 4. The van der Waals surface area contributed by atoms with Crippen LogP contribution in [-0.2, 0) is 12.8 Å². The van der Waals surface area contributed by atoms with E-state index in [4.69, 9.17) is 0 Å². The molecule has 2 aliphatic rings. The number of imide groups is 2. The lowest BCUT2D eigenvalue weighted by Crippen LogP contribution is -2.36. The Balaban J connectivity index is 0.830. The molecule has 0 fully saturated rings. The maximum Gasteiger partial charge on any atom is 0.282 e.